The highest BCUT2D eigenvalue weighted by atomic mass is 35.5. The summed E-state index contributed by atoms with van der Waals surface area (Å²) in [5, 5.41) is 4.46. The summed E-state index contributed by atoms with van der Waals surface area (Å²) in [6.07, 6.45) is 1.31. The van der Waals surface area contributed by atoms with E-state index >= 15 is 0 Å². The molecule has 3 heteroatoms. The first-order valence-electron chi connectivity index (χ1n) is 7.05. The highest BCUT2D eigenvalue weighted by molar-refractivity contribution is 6.30. The molecule has 2 aromatic carbocycles. The monoisotopic (exact) mass is 285 g/mol. The standard InChI is InChI=1S/C17H16ClNO/c18-12-7-5-11(6-8-12)16-14-9-10-20-17(14)13-3-1-2-4-15(13)19-16/h1-8,14,16-17,19H,9-10H2/t14-,16?,17+/m1/s1. The minimum absolute atomic E-state index is 0.216. The van der Waals surface area contributed by atoms with Gasteiger partial charge in [-0.3, -0.25) is 0 Å². The lowest BCUT2D eigenvalue weighted by atomic mass is 9.81. The largest absolute Gasteiger partial charge is 0.378 e. The summed E-state index contributed by atoms with van der Waals surface area (Å²) in [4.78, 5) is 0. The fraction of sp³-hybridized carbons (Fsp3) is 0.294. The van der Waals surface area contributed by atoms with Crippen LogP contribution in [0.2, 0.25) is 5.02 Å². The number of hydrogen-bond donors (Lipinski definition) is 1. The Bertz CT molecular complexity index is 625. The Morgan fingerprint density at radius 1 is 1.05 bits per heavy atom. The van der Waals surface area contributed by atoms with Gasteiger partial charge in [-0.2, -0.15) is 0 Å². The molecule has 1 N–H and O–H groups in total. The molecular formula is C17H16ClNO. The second-order valence-electron chi connectivity index (χ2n) is 5.50. The summed E-state index contributed by atoms with van der Waals surface area (Å²) >= 11 is 6.00. The zero-order chi connectivity index (χ0) is 13.5. The van der Waals surface area contributed by atoms with Crippen LogP contribution in [0.5, 0.6) is 0 Å². The van der Waals surface area contributed by atoms with Gasteiger partial charge in [-0.1, -0.05) is 41.9 Å². The van der Waals surface area contributed by atoms with E-state index in [2.05, 4.69) is 41.7 Å². The minimum atomic E-state index is 0.216. The maximum absolute atomic E-state index is 6.00. The summed E-state index contributed by atoms with van der Waals surface area (Å²) < 4.78 is 5.99. The molecule has 20 heavy (non-hydrogen) atoms. The fourth-order valence-electron chi connectivity index (χ4n) is 3.42. The zero-order valence-corrected chi connectivity index (χ0v) is 11.8. The number of benzene rings is 2. The predicted molar refractivity (Wildman–Crippen MR) is 81.1 cm³/mol. The minimum Gasteiger partial charge on any atom is -0.378 e. The summed E-state index contributed by atoms with van der Waals surface area (Å²) in [7, 11) is 0. The van der Waals surface area contributed by atoms with Crippen molar-refractivity contribution in [2.24, 2.45) is 5.92 Å². The van der Waals surface area contributed by atoms with Crippen LogP contribution in [-0.4, -0.2) is 6.61 Å². The first kappa shape index (κ1) is 12.2. The van der Waals surface area contributed by atoms with Gasteiger partial charge < -0.3 is 10.1 Å². The molecule has 102 valence electrons. The average Bonchev–Trinajstić information content (AvgIpc) is 2.97. The zero-order valence-electron chi connectivity index (χ0n) is 11.1. The lowest BCUT2D eigenvalue weighted by Crippen LogP contribution is -2.29. The van der Waals surface area contributed by atoms with Crippen molar-refractivity contribution in [2.75, 3.05) is 11.9 Å². The van der Waals surface area contributed by atoms with Crippen molar-refractivity contribution in [3.05, 3.63) is 64.7 Å². The highest BCUT2D eigenvalue weighted by Gasteiger charge is 2.41. The van der Waals surface area contributed by atoms with E-state index in [0.29, 0.717) is 12.0 Å². The molecule has 1 unspecified atom stereocenters. The lowest BCUT2D eigenvalue weighted by Gasteiger charge is -2.36. The van der Waals surface area contributed by atoms with E-state index in [1.807, 2.05) is 12.1 Å². The summed E-state index contributed by atoms with van der Waals surface area (Å²) in [5.41, 5.74) is 3.76. The van der Waals surface area contributed by atoms with Crippen molar-refractivity contribution in [1.29, 1.82) is 0 Å². The Hall–Kier alpha value is -1.51. The molecule has 1 saturated heterocycles. The summed E-state index contributed by atoms with van der Waals surface area (Å²) in [5.74, 6) is 0.492. The predicted octanol–water partition coefficient (Wildman–Crippen LogP) is 4.58. The molecule has 2 aliphatic rings. The van der Waals surface area contributed by atoms with Crippen molar-refractivity contribution in [1.82, 2.24) is 0 Å². The van der Waals surface area contributed by atoms with Gasteiger partial charge >= 0.3 is 0 Å². The molecule has 0 aromatic heterocycles. The van der Waals surface area contributed by atoms with Crippen LogP contribution in [0, 0.1) is 5.92 Å². The molecule has 0 bridgehead atoms. The smallest absolute Gasteiger partial charge is 0.0896 e. The topological polar surface area (TPSA) is 21.3 Å². The average molecular weight is 286 g/mol. The third kappa shape index (κ3) is 1.91. The van der Waals surface area contributed by atoms with Gasteiger partial charge in [0.15, 0.2) is 0 Å². The number of rotatable bonds is 1. The van der Waals surface area contributed by atoms with Crippen LogP contribution >= 0.6 is 11.6 Å². The van der Waals surface area contributed by atoms with Crippen LogP contribution in [0.3, 0.4) is 0 Å². The molecule has 1 fully saturated rings. The fourth-order valence-corrected chi connectivity index (χ4v) is 3.55. The van der Waals surface area contributed by atoms with E-state index in [1.54, 1.807) is 0 Å². The Morgan fingerprint density at radius 3 is 2.70 bits per heavy atom. The van der Waals surface area contributed by atoms with Crippen LogP contribution < -0.4 is 5.32 Å². The molecular weight excluding hydrogens is 270 g/mol. The third-order valence-corrected chi connectivity index (χ3v) is 4.63. The third-order valence-electron chi connectivity index (χ3n) is 4.37. The van der Waals surface area contributed by atoms with Crippen LogP contribution in [-0.2, 0) is 4.74 Å². The first-order chi connectivity index (χ1) is 9.83. The van der Waals surface area contributed by atoms with E-state index in [-0.39, 0.29) is 6.10 Å². The lowest BCUT2D eigenvalue weighted by molar-refractivity contribution is 0.0829. The highest BCUT2D eigenvalue weighted by Crippen LogP contribution is 2.49. The van der Waals surface area contributed by atoms with Gasteiger partial charge in [0.1, 0.15) is 0 Å². The van der Waals surface area contributed by atoms with Gasteiger partial charge in [0.25, 0.3) is 0 Å². The number of hydrogen-bond acceptors (Lipinski definition) is 2. The van der Waals surface area contributed by atoms with E-state index in [9.17, 15) is 0 Å². The SMILES string of the molecule is Clc1ccc(C2Nc3ccccc3[C@@H]3OCC[C@H]23)cc1. The van der Waals surface area contributed by atoms with Gasteiger partial charge in [-0.25, -0.2) is 0 Å². The van der Waals surface area contributed by atoms with Crippen molar-refractivity contribution >= 4 is 17.3 Å². The van der Waals surface area contributed by atoms with Gasteiger partial charge in [-0.15, -0.1) is 0 Å². The summed E-state index contributed by atoms with van der Waals surface area (Å²) in [6, 6.07) is 16.9. The molecule has 2 aliphatic heterocycles. The van der Waals surface area contributed by atoms with Gasteiger partial charge in [-0.05, 0) is 30.2 Å². The van der Waals surface area contributed by atoms with Crippen molar-refractivity contribution in [2.45, 2.75) is 18.6 Å². The number of anilines is 1. The van der Waals surface area contributed by atoms with Gasteiger partial charge in [0.05, 0.1) is 12.1 Å². The van der Waals surface area contributed by atoms with E-state index in [0.717, 1.165) is 18.1 Å². The number of para-hydroxylation sites is 1. The van der Waals surface area contributed by atoms with E-state index < -0.39 is 0 Å². The molecule has 3 atom stereocenters. The molecule has 2 nitrogen and oxygen atoms in total. The number of fused-ring (bicyclic) bond motifs is 3. The normalized spacial score (nSPS) is 27.6. The van der Waals surface area contributed by atoms with Gasteiger partial charge in [0.2, 0.25) is 0 Å². The molecule has 4 rings (SSSR count). The number of halogens is 1. The van der Waals surface area contributed by atoms with Crippen molar-refractivity contribution in [3.63, 3.8) is 0 Å². The van der Waals surface area contributed by atoms with Crippen molar-refractivity contribution in [3.8, 4) is 0 Å². The van der Waals surface area contributed by atoms with E-state index in [1.165, 1.54) is 16.8 Å². The Balaban J connectivity index is 1.76. The summed E-state index contributed by atoms with van der Waals surface area (Å²) in [6.45, 7) is 0.843. The van der Waals surface area contributed by atoms with Crippen LogP contribution in [0.15, 0.2) is 48.5 Å². The first-order valence-corrected chi connectivity index (χ1v) is 7.43. The van der Waals surface area contributed by atoms with Crippen LogP contribution in [0.4, 0.5) is 5.69 Å². The van der Waals surface area contributed by atoms with Gasteiger partial charge in [0, 0.05) is 28.8 Å². The van der Waals surface area contributed by atoms with Crippen molar-refractivity contribution < 1.29 is 4.74 Å². The molecule has 2 heterocycles. The molecule has 0 saturated carbocycles. The molecule has 0 radical (unpaired) electrons. The van der Waals surface area contributed by atoms with E-state index in [4.69, 9.17) is 16.3 Å². The number of ether oxygens (including phenoxy) is 1. The van der Waals surface area contributed by atoms with Crippen LogP contribution in [0.25, 0.3) is 0 Å². The molecule has 0 spiro atoms. The Morgan fingerprint density at radius 2 is 1.85 bits per heavy atom. The second kappa shape index (κ2) is 4.80. The Kier molecular flexibility index (Phi) is 2.94. The Labute approximate surface area is 123 Å². The molecule has 0 aliphatic carbocycles. The second-order valence-corrected chi connectivity index (χ2v) is 5.94. The quantitative estimate of drug-likeness (QED) is 0.828. The molecule has 2 aromatic rings. The number of nitrogens with one attached hydrogen (secondary N) is 1. The maximum Gasteiger partial charge on any atom is 0.0896 e. The van der Waals surface area contributed by atoms with Crippen LogP contribution in [0.1, 0.15) is 29.7 Å². The maximum atomic E-state index is 6.00. The molecule has 0 amide bonds.